The standard InChI is InChI=1S/C26H20Br2N2O5/c1-33-25(31)22-23(29-30(24(22)26(32)34-2)19-6-4-3-5-7-19)20-14-18(28)12-13-21(20)35-15-16-8-10-17(27)11-9-16/h3-14H,15H2,1-2H3. The Hall–Kier alpha value is -3.43. The lowest BCUT2D eigenvalue weighted by Crippen LogP contribution is -2.15. The van der Waals surface area contributed by atoms with Gasteiger partial charge in [-0.1, -0.05) is 62.2 Å². The molecule has 0 spiro atoms. The van der Waals surface area contributed by atoms with Crippen molar-refractivity contribution in [2.45, 2.75) is 6.61 Å². The zero-order chi connectivity index (χ0) is 24.9. The van der Waals surface area contributed by atoms with E-state index in [2.05, 4.69) is 37.0 Å². The minimum absolute atomic E-state index is 0.0187. The Morgan fingerprint density at radius 2 is 1.51 bits per heavy atom. The molecule has 9 heteroatoms. The fraction of sp³-hybridized carbons (Fsp3) is 0.115. The number of hydrogen-bond donors (Lipinski definition) is 0. The lowest BCUT2D eigenvalue weighted by molar-refractivity contribution is 0.0549. The van der Waals surface area contributed by atoms with E-state index in [9.17, 15) is 9.59 Å². The fourth-order valence-electron chi connectivity index (χ4n) is 3.50. The smallest absolute Gasteiger partial charge is 0.357 e. The Labute approximate surface area is 218 Å². The summed E-state index contributed by atoms with van der Waals surface area (Å²) in [7, 11) is 2.50. The largest absolute Gasteiger partial charge is 0.488 e. The molecule has 1 heterocycles. The third-order valence-corrected chi connectivity index (χ3v) is 6.18. The second-order valence-electron chi connectivity index (χ2n) is 7.36. The van der Waals surface area contributed by atoms with Gasteiger partial charge in [0.15, 0.2) is 5.69 Å². The van der Waals surface area contributed by atoms with Gasteiger partial charge in [-0.25, -0.2) is 14.3 Å². The minimum atomic E-state index is -0.722. The summed E-state index contributed by atoms with van der Waals surface area (Å²) in [4.78, 5) is 25.8. The van der Waals surface area contributed by atoms with Gasteiger partial charge in [0, 0.05) is 14.5 Å². The second-order valence-corrected chi connectivity index (χ2v) is 9.19. The van der Waals surface area contributed by atoms with Gasteiger partial charge in [0.05, 0.1) is 19.9 Å². The average molecular weight is 600 g/mol. The Balaban J connectivity index is 1.89. The molecule has 35 heavy (non-hydrogen) atoms. The van der Waals surface area contributed by atoms with Crippen molar-refractivity contribution < 1.29 is 23.8 Å². The van der Waals surface area contributed by atoms with Gasteiger partial charge in [0.1, 0.15) is 23.6 Å². The van der Waals surface area contributed by atoms with Crippen LogP contribution < -0.4 is 4.74 Å². The molecule has 0 atom stereocenters. The van der Waals surface area contributed by atoms with Crippen LogP contribution in [-0.2, 0) is 16.1 Å². The maximum Gasteiger partial charge on any atom is 0.357 e. The van der Waals surface area contributed by atoms with E-state index in [0.717, 1.165) is 14.5 Å². The number of esters is 2. The molecular formula is C26H20Br2N2O5. The van der Waals surface area contributed by atoms with Gasteiger partial charge < -0.3 is 14.2 Å². The van der Waals surface area contributed by atoms with Crippen molar-refractivity contribution in [3.63, 3.8) is 0 Å². The summed E-state index contributed by atoms with van der Waals surface area (Å²) < 4.78 is 19.3. The van der Waals surface area contributed by atoms with Crippen molar-refractivity contribution in [1.82, 2.24) is 9.78 Å². The van der Waals surface area contributed by atoms with Crippen LogP contribution in [0, 0.1) is 0 Å². The van der Waals surface area contributed by atoms with E-state index in [-0.39, 0.29) is 17.0 Å². The normalized spacial score (nSPS) is 10.6. The molecule has 4 rings (SSSR count). The summed E-state index contributed by atoms with van der Waals surface area (Å²) >= 11 is 6.91. The molecule has 0 amide bonds. The quantitative estimate of drug-likeness (QED) is 0.235. The minimum Gasteiger partial charge on any atom is -0.488 e. The van der Waals surface area contributed by atoms with E-state index in [1.807, 2.05) is 36.4 Å². The zero-order valence-corrected chi connectivity index (χ0v) is 22.0. The van der Waals surface area contributed by atoms with Crippen LogP contribution in [0.4, 0.5) is 0 Å². The van der Waals surface area contributed by atoms with Crippen LogP contribution in [0.3, 0.4) is 0 Å². The van der Waals surface area contributed by atoms with E-state index >= 15 is 0 Å². The van der Waals surface area contributed by atoms with Crippen LogP contribution >= 0.6 is 31.9 Å². The van der Waals surface area contributed by atoms with Crippen molar-refractivity contribution in [3.05, 3.63) is 98.6 Å². The van der Waals surface area contributed by atoms with E-state index in [4.69, 9.17) is 14.2 Å². The summed E-state index contributed by atoms with van der Waals surface area (Å²) in [6.45, 7) is 0.290. The lowest BCUT2D eigenvalue weighted by Gasteiger charge is -2.12. The molecular weight excluding hydrogens is 580 g/mol. The number of para-hydroxylation sites is 1. The third kappa shape index (κ3) is 5.31. The summed E-state index contributed by atoms with van der Waals surface area (Å²) in [5, 5.41) is 4.67. The maximum absolute atomic E-state index is 13.0. The predicted molar refractivity (Wildman–Crippen MR) is 138 cm³/mol. The Morgan fingerprint density at radius 1 is 0.857 bits per heavy atom. The van der Waals surface area contributed by atoms with Crippen LogP contribution in [0.5, 0.6) is 5.75 Å². The van der Waals surface area contributed by atoms with E-state index in [0.29, 0.717) is 23.6 Å². The molecule has 3 aromatic carbocycles. The van der Waals surface area contributed by atoms with Gasteiger partial charge in [0.25, 0.3) is 0 Å². The molecule has 0 fully saturated rings. The number of nitrogens with zero attached hydrogens (tertiary/aromatic N) is 2. The molecule has 0 saturated heterocycles. The highest BCUT2D eigenvalue weighted by atomic mass is 79.9. The van der Waals surface area contributed by atoms with Crippen molar-refractivity contribution in [1.29, 1.82) is 0 Å². The third-order valence-electron chi connectivity index (χ3n) is 5.16. The van der Waals surface area contributed by atoms with Crippen LogP contribution in [0.2, 0.25) is 0 Å². The van der Waals surface area contributed by atoms with Gasteiger partial charge in [-0.2, -0.15) is 5.10 Å². The Morgan fingerprint density at radius 3 is 2.17 bits per heavy atom. The summed E-state index contributed by atoms with van der Waals surface area (Å²) in [5.41, 5.74) is 2.22. The van der Waals surface area contributed by atoms with Crippen LogP contribution in [0.15, 0.2) is 81.7 Å². The van der Waals surface area contributed by atoms with Gasteiger partial charge in [0.2, 0.25) is 0 Å². The molecule has 0 unspecified atom stereocenters. The SMILES string of the molecule is COC(=O)c1c(-c2cc(Br)ccc2OCc2ccc(Br)cc2)nn(-c2ccccc2)c1C(=O)OC. The zero-order valence-electron chi connectivity index (χ0n) is 18.8. The molecule has 4 aromatic rings. The van der Waals surface area contributed by atoms with Gasteiger partial charge in [-0.05, 0) is 48.0 Å². The molecule has 0 saturated carbocycles. The Kier molecular flexibility index (Phi) is 7.67. The topological polar surface area (TPSA) is 79.7 Å². The lowest BCUT2D eigenvalue weighted by atomic mass is 10.0. The molecule has 7 nitrogen and oxygen atoms in total. The molecule has 0 bridgehead atoms. The van der Waals surface area contributed by atoms with Gasteiger partial charge in [-0.15, -0.1) is 0 Å². The number of ether oxygens (including phenoxy) is 3. The number of rotatable bonds is 7. The molecule has 0 N–H and O–H groups in total. The number of hydrogen-bond acceptors (Lipinski definition) is 6. The van der Waals surface area contributed by atoms with Gasteiger partial charge in [-0.3, -0.25) is 0 Å². The highest BCUT2D eigenvalue weighted by molar-refractivity contribution is 9.10. The van der Waals surface area contributed by atoms with E-state index < -0.39 is 11.9 Å². The average Bonchev–Trinajstić information content (AvgIpc) is 3.29. The highest BCUT2D eigenvalue weighted by Gasteiger charge is 2.32. The van der Waals surface area contributed by atoms with Crippen molar-refractivity contribution in [2.24, 2.45) is 0 Å². The van der Waals surface area contributed by atoms with Crippen LogP contribution in [-0.4, -0.2) is 35.9 Å². The van der Waals surface area contributed by atoms with Crippen molar-refractivity contribution in [2.75, 3.05) is 14.2 Å². The monoisotopic (exact) mass is 598 g/mol. The first-order valence-corrected chi connectivity index (χ1v) is 12.0. The van der Waals surface area contributed by atoms with Crippen LogP contribution in [0.25, 0.3) is 16.9 Å². The number of benzene rings is 3. The molecule has 1 aromatic heterocycles. The second kappa shape index (κ2) is 10.9. The predicted octanol–water partition coefficient (Wildman–Crippen LogP) is 6.22. The van der Waals surface area contributed by atoms with Crippen molar-refractivity contribution in [3.8, 4) is 22.7 Å². The number of carbonyl (C=O) groups excluding carboxylic acids is 2. The molecule has 178 valence electrons. The Bertz CT molecular complexity index is 1370. The number of carbonyl (C=O) groups is 2. The molecule has 0 aliphatic carbocycles. The maximum atomic E-state index is 13.0. The number of methoxy groups -OCH3 is 2. The first-order valence-electron chi connectivity index (χ1n) is 10.4. The van der Waals surface area contributed by atoms with Crippen molar-refractivity contribution >= 4 is 43.8 Å². The summed E-state index contributed by atoms with van der Waals surface area (Å²) in [6, 6.07) is 22.1. The van der Waals surface area contributed by atoms with E-state index in [1.165, 1.54) is 18.9 Å². The highest BCUT2D eigenvalue weighted by Crippen LogP contribution is 2.37. The summed E-state index contributed by atoms with van der Waals surface area (Å²) in [5.74, 6) is -0.961. The molecule has 0 aliphatic rings. The first-order chi connectivity index (χ1) is 16.9. The van der Waals surface area contributed by atoms with Gasteiger partial charge >= 0.3 is 11.9 Å². The van der Waals surface area contributed by atoms with E-state index in [1.54, 1.807) is 36.4 Å². The van der Waals surface area contributed by atoms with Crippen LogP contribution in [0.1, 0.15) is 26.4 Å². The molecule has 0 aliphatic heterocycles. The summed E-state index contributed by atoms with van der Waals surface area (Å²) in [6.07, 6.45) is 0. The number of aromatic nitrogens is 2. The number of halogens is 2. The fourth-order valence-corrected chi connectivity index (χ4v) is 4.12. The molecule has 0 radical (unpaired) electrons. The first kappa shape index (κ1) is 24.7.